The molecule has 2 N–H and O–H groups in total. The van der Waals surface area contributed by atoms with Crippen molar-refractivity contribution in [2.45, 2.75) is 25.8 Å². The maximum Gasteiger partial charge on any atom is 0.0550 e. The Morgan fingerprint density at radius 2 is 2.64 bits per heavy atom. The quantitative estimate of drug-likeness (QED) is 0.754. The lowest BCUT2D eigenvalue weighted by molar-refractivity contribution is 0.193. The average Bonchev–Trinajstić information content (AvgIpc) is 2.84. The van der Waals surface area contributed by atoms with Crippen LogP contribution in [0, 0.1) is 0 Å². The molecule has 1 aliphatic heterocycles. The van der Waals surface area contributed by atoms with Crippen LogP contribution in [0.4, 0.5) is 0 Å². The first-order valence-corrected chi connectivity index (χ1v) is 5.22. The molecule has 0 aromatic carbocycles. The number of hydrogen-bond donors (Lipinski definition) is 2. The van der Waals surface area contributed by atoms with Gasteiger partial charge in [0, 0.05) is 30.3 Å². The molecule has 0 amide bonds. The smallest absolute Gasteiger partial charge is 0.0550 e. The molecule has 1 unspecified atom stereocenters. The molecule has 0 radical (unpaired) electrons. The first-order chi connectivity index (χ1) is 6.92. The molecule has 4 heteroatoms. The van der Waals surface area contributed by atoms with Crippen LogP contribution in [-0.2, 0) is 11.3 Å². The highest BCUT2D eigenvalue weighted by Crippen LogP contribution is 2.25. The third-order valence-corrected chi connectivity index (χ3v) is 2.65. The van der Waals surface area contributed by atoms with Crippen LogP contribution in [0.1, 0.15) is 30.5 Å². The van der Waals surface area contributed by atoms with Gasteiger partial charge < -0.3 is 10.1 Å². The van der Waals surface area contributed by atoms with Crippen LogP contribution in [-0.4, -0.2) is 30.0 Å². The summed E-state index contributed by atoms with van der Waals surface area (Å²) in [6.45, 7) is 5.72. The van der Waals surface area contributed by atoms with Gasteiger partial charge in [-0.05, 0) is 13.0 Å². The molecule has 0 saturated carbocycles. The van der Waals surface area contributed by atoms with Crippen LogP contribution in [0.5, 0.6) is 0 Å². The molecule has 0 bridgehead atoms. The third-order valence-electron chi connectivity index (χ3n) is 2.65. The second kappa shape index (κ2) is 4.57. The van der Waals surface area contributed by atoms with Gasteiger partial charge in [0.15, 0.2) is 0 Å². The molecule has 2 heterocycles. The van der Waals surface area contributed by atoms with Crippen molar-refractivity contribution >= 4 is 0 Å². The summed E-state index contributed by atoms with van der Waals surface area (Å²) in [6, 6.07) is 0. The van der Waals surface area contributed by atoms with E-state index in [1.54, 1.807) is 0 Å². The molecule has 1 saturated heterocycles. The lowest BCUT2D eigenvalue weighted by Crippen LogP contribution is -2.13. The van der Waals surface area contributed by atoms with Gasteiger partial charge in [-0.2, -0.15) is 5.10 Å². The largest absolute Gasteiger partial charge is 0.381 e. The summed E-state index contributed by atoms with van der Waals surface area (Å²) < 4.78 is 5.37. The highest BCUT2D eigenvalue weighted by Gasteiger charge is 2.21. The van der Waals surface area contributed by atoms with E-state index in [-0.39, 0.29) is 0 Å². The summed E-state index contributed by atoms with van der Waals surface area (Å²) in [4.78, 5) is 0. The minimum Gasteiger partial charge on any atom is -0.381 e. The molecule has 78 valence electrons. The molecule has 1 atom stereocenters. The fraction of sp³-hybridized carbons (Fsp3) is 0.700. The van der Waals surface area contributed by atoms with Crippen molar-refractivity contribution < 1.29 is 4.74 Å². The van der Waals surface area contributed by atoms with Crippen molar-refractivity contribution in [3.63, 3.8) is 0 Å². The molecule has 1 aromatic rings. The maximum absolute atomic E-state index is 5.37. The van der Waals surface area contributed by atoms with Crippen LogP contribution in [0.25, 0.3) is 0 Å². The zero-order valence-electron chi connectivity index (χ0n) is 8.55. The fourth-order valence-electron chi connectivity index (χ4n) is 1.84. The van der Waals surface area contributed by atoms with Crippen molar-refractivity contribution in [1.82, 2.24) is 15.5 Å². The molecule has 1 fully saturated rings. The Labute approximate surface area is 84.0 Å². The van der Waals surface area contributed by atoms with Gasteiger partial charge in [0.1, 0.15) is 0 Å². The molecular formula is C10H17N3O. The lowest BCUT2D eigenvalue weighted by Gasteiger charge is -2.08. The summed E-state index contributed by atoms with van der Waals surface area (Å²) in [6.07, 6.45) is 3.03. The van der Waals surface area contributed by atoms with Crippen LogP contribution >= 0.6 is 0 Å². The van der Waals surface area contributed by atoms with Crippen molar-refractivity contribution in [3.8, 4) is 0 Å². The van der Waals surface area contributed by atoms with Gasteiger partial charge in [0.2, 0.25) is 0 Å². The van der Waals surface area contributed by atoms with E-state index < -0.39 is 0 Å². The van der Waals surface area contributed by atoms with E-state index >= 15 is 0 Å². The summed E-state index contributed by atoms with van der Waals surface area (Å²) >= 11 is 0. The Morgan fingerprint density at radius 3 is 3.36 bits per heavy atom. The van der Waals surface area contributed by atoms with Gasteiger partial charge in [-0.25, -0.2) is 0 Å². The van der Waals surface area contributed by atoms with E-state index in [4.69, 9.17) is 4.74 Å². The number of hydrogen-bond acceptors (Lipinski definition) is 3. The van der Waals surface area contributed by atoms with Crippen molar-refractivity contribution in [1.29, 1.82) is 0 Å². The Morgan fingerprint density at radius 1 is 1.71 bits per heavy atom. The number of ether oxygens (including phenoxy) is 1. The molecule has 2 rings (SSSR count). The molecule has 1 aromatic heterocycles. The molecule has 1 aliphatic rings. The van der Waals surface area contributed by atoms with Gasteiger partial charge >= 0.3 is 0 Å². The van der Waals surface area contributed by atoms with Crippen molar-refractivity contribution in [3.05, 3.63) is 17.5 Å². The van der Waals surface area contributed by atoms with Crippen LogP contribution in [0.3, 0.4) is 0 Å². The average molecular weight is 195 g/mol. The zero-order chi connectivity index (χ0) is 9.80. The SMILES string of the molecule is CCNCc1cn[nH]c1C1CCOC1. The molecule has 14 heavy (non-hydrogen) atoms. The summed E-state index contributed by atoms with van der Waals surface area (Å²) in [5.41, 5.74) is 2.53. The van der Waals surface area contributed by atoms with Gasteiger partial charge in [0.05, 0.1) is 12.8 Å². The Balaban J connectivity index is 2.04. The summed E-state index contributed by atoms with van der Waals surface area (Å²) in [5, 5.41) is 10.5. The Kier molecular flexibility index (Phi) is 3.16. The van der Waals surface area contributed by atoms with Crippen LogP contribution in [0.2, 0.25) is 0 Å². The number of aromatic nitrogens is 2. The first kappa shape index (κ1) is 9.68. The third kappa shape index (κ3) is 1.96. The van der Waals surface area contributed by atoms with E-state index in [1.165, 1.54) is 11.3 Å². The predicted molar refractivity (Wildman–Crippen MR) is 54.1 cm³/mol. The number of rotatable bonds is 4. The topological polar surface area (TPSA) is 49.9 Å². The second-order valence-corrected chi connectivity index (χ2v) is 3.65. The summed E-state index contributed by atoms with van der Waals surface area (Å²) in [5.74, 6) is 0.520. The minimum atomic E-state index is 0.520. The highest BCUT2D eigenvalue weighted by atomic mass is 16.5. The Hall–Kier alpha value is -0.870. The molecule has 0 aliphatic carbocycles. The number of nitrogens with one attached hydrogen (secondary N) is 2. The highest BCUT2D eigenvalue weighted by molar-refractivity contribution is 5.21. The van der Waals surface area contributed by atoms with E-state index in [2.05, 4.69) is 22.4 Å². The molecule has 0 spiro atoms. The summed E-state index contributed by atoms with van der Waals surface area (Å²) in [7, 11) is 0. The van der Waals surface area contributed by atoms with E-state index in [9.17, 15) is 0 Å². The first-order valence-electron chi connectivity index (χ1n) is 5.22. The van der Waals surface area contributed by atoms with Crippen LogP contribution in [0.15, 0.2) is 6.20 Å². The number of nitrogens with zero attached hydrogens (tertiary/aromatic N) is 1. The van der Waals surface area contributed by atoms with Crippen molar-refractivity contribution in [2.75, 3.05) is 19.8 Å². The number of H-pyrrole nitrogens is 1. The van der Waals surface area contributed by atoms with Gasteiger partial charge in [0.25, 0.3) is 0 Å². The zero-order valence-corrected chi connectivity index (χ0v) is 8.55. The van der Waals surface area contributed by atoms with E-state index in [1.807, 2.05) is 6.20 Å². The minimum absolute atomic E-state index is 0.520. The lowest BCUT2D eigenvalue weighted by atomic mass is 10.0. The van der Waals surface area contributed by atoms with E-state index in [0.29, 0.717) is 5.92 Å². The normalized spacial score (nSPS) is 21.6. The van der Waals surface area contributed by atoms with Gasteiger partial charge in [-0.3, -0.25) is 5.10 Å². The van der Waals surface area contributed by atoms with Crippen molar-refractivity contribution in [2.24, 2.45) is 0 Å². The maximum atomic E-state index is 5.37. The molecular weight excluding hydrogens is 178 g/mol. The predicted octanol–water partition coefficient (Wildman–Crippen LogP) is 1.02. The van der Waals surface area contributed by atoms with Gasteiger partial charge in [-0.15, -0.1) is 0 Å². The molecule has 4 nitrogen and oxygen atoms in total. The van der Waals surface area contributed by atoms with Crippen LogP contribution < -0.4 is 5.32 Å². The standard InChI is InChI=1S/C10H17N3O/c1-2-11-5-9-6-12-13-10(9)8-3-4-14-7-8/h6,8,11H,2-5,7H2,1H3,(H,12,13). The number of aromatic amines is 1. The Bertz CT molecular complexity index is 279. The van der Waals surface area contributed by atoms with Gasteiger partial charge in [-0.1, -0.05) is 6.92 Å². The fourth-order valence-corrected chi connectivity index (χ4v) is 1.84. The second-order valence-electron chi connectivity index (χ2n) is 3.65. The van der Waals surface area contributed by atoms with E-state index in [0.717, 1.165) is 32.7 Å². The monoisotopic (exact) mass is 195 g/mol.